The largest absolute Gasteiger partial charge is 0.309 e. The summed E-state index contributed by atoms with van der Waals surface area (Å²) in [6, 6.07) is 76.4. The van der Waals surface area contributed by atoms with Gasteiger partial charge in [-0.05, 0) is 172 Å². The van der Waals surface area contributed by atoms with Gasteiger partial charge in [0, 0.05) is 38.3 Å². The van der Waals surface area contributed by atoms with Gasteiger partial charge in [-0.15, -0.1) is 0 Å². The predicted octanol–water partition coefficient (Wildman–Crippen LogP) is 21.2. The zero-order valence-corrected chi connectivity index (χ0v) is 44.6. The van der Waals surface area contributed by atoms with Crippen molar-refractivity contribution in [1.29, 1.82) is 0 Å². The molecular weight excluding hydrogens is 917 g/mol. The zero-order chi connectivity index (χ0) is 51.2. The van der Waals surface area contributed by atoms with Crippen LogP contribution in [0.25, 0.3) is 105 Å². The lowest BCUT2D eigenvalue weighted by atomic mass is 9.70. The lowest BCUT2D eigenvalue weighted by molar-refractivity contribution is 0.401. The van der Waals surface area contributed by atoms with Gasteiger partial charge < -0.3 is 9.13 Å². The monoisotopic (exact) mass is 985 g/mol. The number of allylic oxidation sites excluding steroid dienone is 4. The predicted molar refractivity (Wildman–Crippen MR) is 326 cm³/mol. The fraction of sp³-hybridized carbons (Fsp3) is 0.216. The molecule has 374 valence electrons. The van der Waals surface area contributed by atoms with E-state index in [1.807, 2.05) is 0 Å². The zero-order valence-electron chi connectivity index (χ0n) is 44.6. The highest BCUT2D eigenvalue weighted by Crippen LogP contribution is 2.56. The van der Waals surface area contributed by atoms with Crippen molar-refractivity contribution in [1.82, 2.24) is 9.13 Å². The van der Waals surface area contributed by atoms with Crippen LogP contribution in [0.1, 0.15) is 115 Å². The summed E-state index contributed by atoms with van der Waals surface area (Å²) in [4.78, 5) is 0. The number of aromatic nitrogens is 2. The molecule has 2 aliphatic rings. The molecule has 13 rings (SSSR count). The maximum absolute atomic E-state index is 2.60. The van der Waals surface area contributed by atoms with Crippen LogP contribution in [0.15, 0.2) is 218 Å². The number of nitrogens with zero attached hydrogens (tertiary/aromatic N) is 2. The third-order valence-electron chi connectivity index (χ3n) is 17.3. The first-order valence-corrected chi connectivity index (χ1v) is 28.5. The highest BCUT2D eigenvalue weighted by Gasteiger charge is 2.42. The maximum atomic E-state index is 2.60. The van der Waals surface area contributed by atoms with Gasteiger partial charge >= 0.3 is 0 Å². The van der Waals surface area contributed by atoms with E-state index in [-0.39, 0.29) is 5.41 Å². The van der Waals surface area contributed by atoms with Crippen LogP contribution in [0.5, 0.6) is 0 Å². The van der Waals surface area contributed by atoms with Gasteiger partial charge in [-0.2, -0.15) is 0 Å². The summed E-state index contributed by atoms with van der Waals surface area (Å²) in [6.07, 6.45) is 19.3. The van der Waals surface area contributed by atoms with Crippen molar-refractivity contribution in [2.75, 3.05) is 0 Å². The van der Waals surface area contributed by atoms with Crippen molar-refractivity contribution < 1.29 is 0 Å². The van der Waals surface area contributed by atoms with Gasteiger partial charge in [-0.25, -0.2) is 0 Å². The van der Waals surface area contributed by atoms with Crippen molar-refractivity contribution >= 4 is 49.2 Å². The molecule has 2 aliphatic carbocycles. The molecule has 2 aromatic heterocycles. The van der Waals surface area contributed by atoms with Crippen molar-refractivity contribution in [3.05, 3.63) is 235 Å². The second-order valence-corrected chi connectivity index (χ2v) is 22.0. The fourth-order valence-corrected chi connectivity index (χ4v) is 13.4. The first-order valence-electron chi connectivity index (χ1n) is 28.5. The minimum Gasteiger partial charge on any atom is -0.309 e. The molecule has 0 unspecified atom stereocenters. The van der Waals surface area contributed by atoms with Crippen molar-refractivity contribution in [2.45, 2.75) is 103 Å². The molecule has 0 radical (unpaired) electrons. The molecule has 2 heteroatoms. The normalized spacial score (nSPS) is 13.9. The number of rotatable bonds is 16. The number of para-hydroxylation sites is 3. The molecule has 76 heavy (non-hydrogen) atoms. The summed E-state index contributed by atoms with van der Waals surface area (Å²) in [7, 11) is 0. The highest BCUT2D eigenvalue weighted by molar-refractivity contribution is 6.11. The quantitative estimate of drug-likeness (QED) is 0.0854. The summed E-state index contributed by atoms with van der Waals surface area (Å²) in [5.74, 6) is 0. The molecule has 0 amide bonds. The minimum atomic E-state index is -0.0479. The van der Waals surface area contributed by atoms with Crippen LogP contribution in [-0.4, -0.2) is 9.13 Å². The Hall–Kier alpha value is -7.94. The molecule has 0 fully saturated rings. The number of benzene rings is 9. The molecular formula is C74H68N2. The van der Waals surface area contributed by atoms with Crippen molar-refractivity contribution in [3.8, 4) is 55.9 Å². The SMILES string of the molecule is CCCCCCC1(CCCCCC)c2cc(-c3ccc(-n4c5ccccc5c5ccccc54)cc3)ccc2-c2ccc(-c3ccc(-n4c5ccccc5c5cc(-c6cccc(C7=CC(C)=CCC7)c6)ccc54)cc3)cc21. The van der Waals surface area contributed by atoms with E-state index in [1.54, 1.807) is 0 Å². The Balaban J connectivity index is 0.853. The third kappa shape index (κ3) is 8.44. The number of hydrogen-bond donors (Lipinski definition) is 0. The Morgan fingerprint density at radius 1 is 0.382 bits per heavy atom. The van der Waals surface area contributed by atoms with E-state index in [0.717, 1.165) is 12.8 Å². The van der Waals surface area contributed by atoms with Gasteiger partial charge in [-0.1, -0.05) is 210 Å². The van der Waals surface area contributed by atoms with E-state index in [1.165, 1.54) is 192 Å². The smallest absolute Gasteiger partial charge is 0.0541 e. The third-order valence-corrected chi connectivity index (χ3v) is 17.3. The lowest BCUT2D eigenvalue weighted by Crippen LogP contribution is -2.25. The van der Waals surface area contributed by atoms with Gasteiger partial charge in [0.1, 0.15) is 0 Å². The summed E-state index contributed by atoms with van der Waals surface area (Å²) >= 11 is 0. The van der Waals surface area contributed by atoms with Crippen LogP contribution in [0, 0.1) is 0 Å². The van der Waals surface area contributed by atoms with E-state index in [2.05, 4.69) is 242 Å². The Morgan fingerprint density at radius 3 is 1.36 bits per heavy atom. The van der Waals surface area contributed by atoms with Gasteiger partial charge in [0.15, 0.2) is 0 Å². The number of fused-ring (bicyclic) bond motifs is 9. The molecule has 0 bridgehead atoms. The molecule has 0 saturated heterocycles. The second kappa shape index (κ2) is 20.3. The van der Waals surface area contributed by atoms with Crippen molar-refractivity contribution in [3.63, 3.8) is 0 Å². The molecule has 0 spiro atoms. The highest BCUT2D eigenvalue weighted by atomic mass is 15.0. The minimum absolute atomic E-state index is 0.0479. The van der Waals surface area contributed by atoms with Gasteiger partial charge in [-0.3, -0.25) is 0 Å². The number of hydrogen-bond acceptors (Lipinski definition) is 0. The first-order chi connectivity index (χ1) is 37.5. The van der Waals surface area contributed by atoms with Crippen LogP contribution >= 0.6 is 0 Å². The Labute approximate surface area is 449 Å². The molecule has 2 heterocycles. The maximum Gasteiger partial charge on any atom is 0.0541 e. The average Bonchev–Trinajstić information content (AvgIpc) is 4.17. The van der Waals surface area contributed by atoms with E-state index >= 15 is 0 Å². The topological polar surface area (TPSA) is 9.86 Å². The Bertz CT molecular complexity index is 3950. The van der Waals surface area contributed by atoms with E-state index in [9.17, 15) is 0 Å². The molecule has 2 nitrogen and oxygen atoms in total. The standard InChI is InChI=1S/C74H68N2/c1-4-6-8-16-44-74(45-17-9-7-5-2)68-49-58(52-30-37-60(38-31-52)75-70-27-13-10-24-64(70)65-25-11-14-28-71(65)75)34-41-62(68)63-42-35-59(50-69(63)74)53-32-39-61(40-33-53)76-72-29-15-12-26-66(72)67-48-57(36-43-73(67)76)56-23-19-22-55(47-56)54-21-18-20-51(3)46-54/h10-15,19-20,22-43,46-50H,4-9,16-18,21,44-45H2,1-3H3. The van der Waals surface area contributed by atoms with Crippen molar-refractivity contribution in [2.24, 2.45) is 0 Å². The molecule has 0 atom stereocenters. The molecule has 0 aliphatic heterocycles. The van der Waals surface area contributed by atoms with E-state index < -0.39 is 0 Å². The fourth-order valence-electron chi connectivity index (χ4n) is 13.4. The van der Waals surface area contributed by atoms with Crippen LogP contribution in [0.4, 0.5) is 0 Å². The van der Waals surface area contributed by atoms with E-state index in [0.29, 0.717) is 0 Å². The number of unbranched alkanes of at least 4 members (excludes halogenated alkanes) is 6. The molecule has 0 saturated carbocycles. The molecule has 9 aromatic carbocycles. The van der Waals surface area contributed by atoms with Crippen LogP contribution in [0.3, 0.4) is 0 Å². The molecule has 0 N–H and O–H groups in total. The lowest BCUT2D eigenvalue weighted by Gasteiger charge is -2.33. The second-order valence-electron chi connectivity index (χ2n) is 22.0. The Morgan fingerprint density at radius 2 is 0.829 bits per heavy atom. The van der Waals surface area contributed by atoms with Crippen LogP contribution in [-0.2, 0) is 5.41 Å². The van der Waals surface area contributed by atoms with E-state index in [4.69, 9.17) is 0 Å². The average molecular weight is 985 g/mol. The summed E-state index contributed by atoms with van der Waals surface area (Å²) in [6.45, 7) is 6.89. The first kappa shape index (κ1) is 47.8. The molecule has 11 aromatic rings. The van der Waals surface area contributed by atoms with Gasteiger partial charge in [0.05, 0.1) is 22.1 Å². The summed E-state index contributed by atoms with van der Waals surface area (Å²) in [5, 5.41) is 5.15. The summed E-state index contributed by atoms with van der Waals surface area (Å²) in [5.41, 5.74) is 25.0. The van der Waals surface area contributed by atoms with Gasteiger partial charge in [0.2, 0.25) is 0 Å². The summed E-state index contributed by atoms with van der Waals surface area (Å²) < 4.78 is 4.88. The Kier molecular flexibility index (Phi) is 12.8. The van der Waals surface area contributed by atoms with Crippen LogP contribution < -0.4 is 0 Å². The van der Waals surface area contributed by atoms with Gasteiger partial charge in [0.25, 0.3) is 0 Å². The van der Waals surface area contributed by atoms with Crippen LogP contribution in [0.2, 0.25) is 0 Å².